The molecule has 1 aliphatic rings. The molecule has 2 rings (SSSR count). The van der Waals surface area contributed by atoms with E-state index in [4.69, 9.17) is 23.2 Å². The van der Waals surface area contributed by atoms with Gasteiger partial charge in [0, 0.05) is 23.1 Å². The molecule has 1 aliphatic heterocycles. The van der Waals surface area contributed by atoms with E-state index in [2.05, 4.69) is 11.8 Å². The Labute approximate surface area is 101 Å². The fraction of sp³-hybridized carbons (Fsp3) is 0.500. The fourth-order valence-corrected chi connectivity index (χ4v) is 2.53. The number of hydrogen-bond donors (Lipinski definition) is 0. The summed E-state index contributed by atoms with van der Waals surface area (Å²) in [4.78, 5) is 2.44. The molecule has 0 saturated carbocycles. The highest BCUT2D eigenvalue weighted by Crippen LogP contribution is 2.24. The molecule has 1 fully saturated rings. The maximum atomic E-state index is 6.13. The molecule has 1 heterocycles. The van der Waals surface area contributed by atoms with Crippen molar-refractivity contribution in [3.8, 4) is 0 Å². The summed E-state index contributed by atoms with van der Waals surface area (Å²) in [6.45, 7) is 5.60. The van der Waals surface area contributed by atoms with Crippen LogP contribution in [-0.2, 0) is 6.54 Å². The van der Waals surface area contributed by atoms with E-state index in [0.29, 0.717) is 5.02 Å². The van der Waals surface area contributed by atoms with Crippen molar-refractivity contribution in [2.75, 3.05) is 13.1 Å². The van der Waals surface area contributed by atoms with Crippen molar-refractivity contribution in [1.29, 1.82) is 0 Å². The topological polar surface area (TPSA) is 3.24 Å². The van der Waals surface area contributed by atoms with Gasteiger partial charge in [-0.05, 0) is 36.6 Å². The van der Waals surface area contributed by atoms with Crippen LogP contribution >= 0.6 is 23.2 Å². The van der Waals surface area contributed by atoms with Gasteiger partial charge in [-0.15, -0.1) is 0 Å². The molecule has 1 saturated heterocycles. The van der Waals surface area contributed by atoms with Crippen molar-refractivity contribution in [1.82, 2.24) is 4.90 Å². The van der Waals surface area contributed by atoms with Gasteiger partial charge in [-0.2, -0.15) is 0 Å². The first-order valence-corrected chi connectivity index (χ1v) is 6.07. The molecule has 15 heavy (non-hydrogen) atoms. The highest BCUT2D eigenvalue weighted by Gasteiger charge is 2.19. The molecule has 82 valence electrons. The molecule has 1 nitrogen and oxygen atoms in total. The van der Waals surface area contributed by atoms with Gasteiger partial charge < -0.3 is 0 Å². The predicted molar refractivity (Wildman–Crippen MR) is 65.5 cm³/mol. The smallest absolute Gasteiger partial charge is 0.0465 e. The van der Waals surface area contributed by atoms with Crippen LogP contribution in [0.15, 0.2) is 18.2 Å². The number of hydrogen-bond acceptors (Lipinski definition) is 1. The molecule has 0 aromatic heterocycles. The zero-order valence-corrected chi connectivity index (χ0v) is 10.4. The lowest BCUT2D eigenvalue weighted by Gasteiger charge is -2.16. The summed E-state index contributed by atoms with van der Waals surface area (Å²) in [6, 6.07) is 5.74. The van der Waals surface area contributed by atoms with E-state index in [-0.39, 0.29) is 0 Å². The number of nitrogens with zero attached hydrogens (tertiary/aromatic N) is 1. The van der Waals surface area contributed by atoms with Crippen LogP contribution in [0, 0.1) is 5.92 Å². The van der Waals surface area contributed by atoms with E-state index >= 15 is 0 Å². The summed E-state index contributed by atoms with van der Waals surface area (Å²) >= 11 is 12.0. The molecule has 0 radical (unpaired) electrons. The first kappa shape index (κ1) is 11.3. The van der Waals surface area contributed by atoms with Gasteiger partial charge in [-0.1, -0.05) is 36.2 Å². The Bertz CT molecular complexity index is 351. The van der Waals surface area contributed by atoms with Gasteiger partial charge >= 0.3 is 0 Å². The zero-order chi connectivity index (χ0) is 10.8. The summed E-state index contributed by atoms with van der Waals surface area (Å²) in [5.41, 5.74) is 1.18. The lowest BCUT2D eigenvalue weighted by molar-refractivity contribution is 0.320. The highest BCUT2D eigenvalue weighted by molar-refractivity contribution is 6.35. The van der Waals surface area contributed by atoms with Gasteiger partial charge in [-0.3, -0.25) is 4.90 Å². The number of rotatable bonds is 2. The van der Waals surface area contributed by atoms with Gasteiger partial charge in [0.15, 0.2) is 0 Å². The Kier molecular flexibility index (Phi) is 3.55. The summed E-state index contributed by atoms with van der Waals surface area (Å²) in [5, 5.41) is 1.49. The van der Waals surface area contributed by atoms with Crippen molar-refractivity contribution in [3.05, 3.63) is 33.8 Å². The largest absolute Gasteiger partial charge is 0.299 e. The summed E-state index contributed by atoms with van der Waals surface area (Å²) in [5.74, 6) is 0.816. The SMILES string of the molecule is C[C@@H]1CCN(Cc2ccc(Cl)cc2Cl)C1. The number of likely N-dealkylation sites (tertiary alicyclic amines) is 1. The third kappa shape index (κ3) is 2.87. The van der Waals surface area contributed by atoms with Crippen molar-refractivity contribution in [2.24, 2.45) is 5.92 Å². The Balaban J connectivity index is 2.04. The van der Waals surface area contributed by atoms with Gasteiger partial charge in [-0.25, -0.2) is 0 Å². The highest BCUT2D eigenvalue weighted by atomic mass is 35.5. The van der Waals surface area contributed by atoms with Crippen molar-refractivity contribution in [3.63, 3.8) is 0 Å². The van der Waals surface area contributed by atoms with Crippen molar-refractivity contribution in [2.45, 2.75) is 19.9 Å². The summed E-state index contributed by atoms with van der Waals surface area (Å²) in [6.07, 6.45) is 1.30. The van der Waals surface area contributed by atoms with Crippen LogP contribution in [0.3, 0.4) is 0 Å². The minimum Gasteiger partial charge on any atom is -0.299 e. The molecule has 0 aliphatic carbocycles. The Hall–Kier alpha value is -0.240. The summed E-state index contributed by atoms with van der Waals surface area (Å²) in [7, 11) is 0. The van der Waals surface area contributed by atoms with Crippen LogP contribution in [0.4, 0.5) is 0 Å². The molecule has 0 N–H and O–H groups in total. The van der Waals surface area contributed by atoms with Crippen LogP contribution in [0.2, 0.25) is 10.0 Å². The number of halogens is 2. The molecule has 0 unspecified atom stereocenters. The first-order valence-electron chi connectivity index (χ1n) is 5.31. The summed E-state index contributed by atoms with van der Waals surface area (Å²) < 4.78 is 0. The van der Waals surface area contributed by atoms with Crippen molar-refractivity contribution >= 4 is 23.2 Å². The lowest BCUT2D eigenvalue weighted by Crippen LogP contribution is -2.19. The van der Waals surface area contributed by atoms with Crippen LogP contribution in [0.5, 0.6) is 0 Å². The van der Waals surface area contributed by atoms with E-state index in [1.807, 2.05) is 18.2 Å². The second-order valence-corrected chi connectivity index (χ2v) is 5.21. The molecule has 1 aromatic rings. The predicted octanol–water partition coefficient (Wildman–Crippen LogP) is 3.84. The molecular weight excluding hydrogens is 229 g/mol. The van der Waals surface area contributed by atoms with Gasteiger partial charge in [0.05, 0.1) is 0 Å². The van der Waals surface area contributed by atoms with E-state index in [9.17, 15) is 0 Å². The fourth-order valence-electron chi connectivity index (χ4n) is 2.06. The molecular formula is C12H15Cl2N. The average Bonchev–Trinajstić information content (AvgIpc) is 2.56. The van der Waals surface area contributed by atoms with E-state index in [1.165, 1.54) is 25.1 Å². The Morgan fingerprint density at radius 1 is 1.40 bits per heavy atom. The minimum atomic E-state index is 0.707. The van der Waals surface area contributed by atoms with Crippen LogP contribution in [-0.4, -0.2) is 18.0 Å². The minimum absolute atomic E-state index is 0.707. The van der Waals surface area contributed by atoms with E-state index in [0.717, 1.165) is 17.5 Å². The van der Waals surface area contributed by atoms with Gasteiger partial charge in [0.25, 0.3) is 0 Å². The maximum Gasteiger partial charge on any atom is 0.0465 e. The molecule has 0 bridgehead atoms. The monoisotopic (exact) mass is 243 g/mol. The van der Waals surface area contributed by atoms with Crippen LogP contribution in [0.1, 0.15) is 18.9 Å². The average molecular weight is 244 g/mol. The Morgan fingerprint density at radius 3 is 2.80 bits per heavy atom. The standard InChI is InChI=1S/C12H15Cl2N/c1-9-4-5-15(7-9)8-10-2-3-11(13)6-12(10)14/h2-3,6,9H,4-5,7-8H2,1H3/t9-/m1/s1. The van der Waals surface area contributed by atoms with Gasteiger partial charge in [0.2, 0.25) is 0 Å². The molecule has 1 atom stereocenters. The Morgan fingerprint density at radius 2 is 2.20 bits per heavy atom. The maximum absolute atomic E-state index is 6.13. The van der Waals surface area contributed by atoms with E-state index in [1.54, 1.807) is 0 Å². The van der Waals surface area contributed by atoms with Crippen LogP contribution in [0.25, 0.3) is 0 Å². The zero-order valence-electron chi connectivity index (χ0n) is 8.84. The van der Waals surface area contributed by atoms with E-state index < -0.39 is 0 Å². The number of benzene rings is 1. The quantitative estimate of drug-likeness (QED) is 0.764. The lowest BCUT2D eigenvalue weighted by atomic mass is 10.2. The van der Waals surface area contributed by atoms with Crippen LogP contribution < -0.4 is 0 Å². The second-order valence-electron chi connectivity index (χ2n) is 4.36. The molecule has 1 aromatic carbocycles. The van der Waals surface area contributed by atoms with Crippen molar-refractivity contribution < 1.29 is 0 Å². The van der Waals surface area contributed by atoms with Gasteiger partial charge in [0.1, 0.15) is 0 Å². The molecule has 0 amide bonds. The normalized spacial score (nSPS) is 22.2. The third-order valence-electron chi connectivity index (χ3n) is 2.92. The third-order valence-corrected chi connectivity index (χ3v) is 3.50. The second kappa shape index (κ2) is 4.73. The first-order chi connectivity index (χ1) is 7.15. The molecule has 0 spiro atoms. The molecule has 3 heteroatoms.